The Morgan fingerprint density at radius 3 is 2.48 bits per heavy atom. The maximum Gasteiger partial charge on any atom is 0.408 e. The highest BCUT2D eigenvalue weighted by Gasteiger charge is 2.40. The van der Waals surface area contributed by atoms with Crippen molar-refractivity contribution >= 4 is 29.7 Å². The van der Waals surface area contributed by atoms with E-state index < -0.39 is 48.1 Å². The fourth-order valence-electron chi connectivity index (χ4n) is 3.15. The molecule has 0 saturated carbocycles. The van der Waals surface area contributed by atoms with Gasteiger partial charge < -0.3 is 25.0 Å². The molecule has 0 aromatic heterocycles. The maximum atomic E-state index is 12.9. The number of hydrogen-bond acceptors (Lipinski definition) is 7. The van der Waals surface area contributed by atoms with E-state index in [1.807, 2.05) is 12.2 Å². The number of amides is 3. The summed E-state index contributed by atoms with van der Waals surface area (Å²) >= 11 is 0. The van der Waals surface area contributed by atoms with Gasteiger partial charge in [0.1, 0.15) is 24.2 Å². The van der Waals surface area contributed by atoms with E-state index in [1.165, 1.54) is 0 Å². The van der Waals surface area contributed by atoms with E-state index in [0.29, 0.717) is 0 Å². The van der Waals surface area contributed by atoms with Crippen LogP contribution >= 0.6 is 0 Å². The standard InChI is InChI=1S/C23H37N3O7/c1-6-8-9-10-11-12-17(21(30)32-7-2)25-20(29)18-13-16(27)15-26(18)19(28)14-24-22(31)33-23(3,4)5/h10-11,17-18H,6-9,12-15H2,1-5H3,(H,24,31)(H,25,29)/b11-10-. The van der Waals surface area contributed by atoms with Crippen molar-refractivity contribution in [1.82, 2.24) is 15.5 Å². The molecule has 0 aliphatic carbocycles. The van der Waals surface area contributed by atoms with Crippen LogP contribution in [0.25, 0.3) is 0 Å². The van der Waals surface area contributed by atoms with Crippen molar-refractivity contribution in [1.29, 1.82) is 0 Å². The number of nitrogens with zero attached hydrogens (tertiary/aromatic N) is 1. The van der Waals surface area contributed by atoms with E-state index >= 15 is 0 Å². The fourth-order valence-corrected chi connectivity index (χ4v) is 3.15. The van der Waals surface area contributed by atoms with Crippen molar-refractivity contribution in [2.45, 2.75) is 84.4 Å². The predicted octanol–water partition coefficient (Wildman–Crippen LogP) is 1.87. The van der Waals surface area contributed by atoms with E-state index in [4.69, 9.17) is 9.47 Å². The smallest absolute Gasteiger partial charge is 0.408 e. The number of nitrogens with one attached hydrogen (secondary N) is 2. The van der Waals surface area contributed by atoms with E-state index in [1.54, 1.807) is 27.7 Å². The normalized spacial score (nSPS) is 17.1. The van der Waals surface area contributed by atoms with Gasteiger partial charge in [0.15, 0.2) is 5.78 Å². The van der Waals surface area contributed by atoms with Crippen LogP contribution < -0.4 is 10.6 Å². The Morgan fingerprint density at radius 2 is 1.88 bits per heavy atom. The lowest BCUT2D eigenvalue weighted by Crippen LogP contribution is -2.52. The maximum absolute atomic E-state index is 12.9. The van der Waals surface area contributed by atoms with Crippen LogP contribution in [0.1, 0.15) is 66.7 Å². The second-order valence-corrected chi connectivity index (χ2v) is 8.80. The number of esters is 1. The number of rotatable bonds is 11. The Kier molecular flexibility index (Phi) is 11.6. The van der Waals surface area contributed by atoms with Gasteiger partial charge >= 0.3 is 12.1 Å². The minimum absolute atomic E-state index is 0.160. The first-order valence-electron chi connectivity index (χ1n) is 11.4. The third-order valence-corrected chi connectivity index (χ3v) is 4.70. The molecule has 10 nitrogen and oxygen atoms in total. The van der Waals surface area contributed by atoms with Crippen molar-refractivity contribution in [3.05, 3.63) is 12.2 Å². The number of ketones is 1. The molecule has 0 aromatic rings. The SMILES string of the molecule is CCCC/C=C\CC(NC(=O)C1CC(=O)CN1C(=O)CNC(=O)OC(C)(C)C)C(=O)OCC. The molecule has 1 fully saturated rings. The molecule has 0 aromatic carbocycles. The molecule has 3 amide bonds. The number of carbonyl (C=O) groups is 5. The van der Waals surface area contributed by atoms with Crippen LogP contribution in [0.3, 0.4) is 0 Å². The van der Waals surface area contributed by atoms with Crippen LogP contribution in [0.5, 0.6) is 0 Å². The molecule has 1 aliphatic heterocycles. The summed E-state index contributed by atoms with van der Waals surface area (Å²) in [5.41, 5.74) is -0.730. The number of unbranched alkanes of at least 4 members (excludes halogenated alkanes) is 2. The molecule has 2 unspecified atom stereocenters. The second-order valence-electron chi connectivity index (χ2n) is 8.80. The molecule has 0 radical (unpaired) electrons. The third-order valence-electron chi connectivity index (χ3n) is 4.70. The van der Waals surface area contributed by atoms with E-state index in [2.05, 4.69) is 17.6 Å². The Bertz CT molecular complexity index is 743. The highest BCUT2D eigenvalue weighted by Crippen LogP contribution is 2.16. The zero-order valence-electron chi connectivity index (χ0n) is 20.3. The lowest BCUT2D eigenvalue weighted by molar-refractivity contribution is -0.148. The molecule has 0 spiro atoms. The van der Waals surface area contributed by atoms with Gasteiger partial charge in [-0.2, -0.15) is 0 Å². The van der Waals surface area contributed by atoms with Gasteiger partial charge in [0.05, 0.1) is 13.2 Å². The number of allylic oxidation sites excluding steroid dienone is 1. The Morgan fingerprint density at radius 1 is 1.18 bits per heavy atom. The summed E-state index contributed by atoms with van der Waals surface area (Å²) < 4.78 is 10.1. The molecule has 0 bridgehead atoms. The number of alkyl carbamates (subject to hydrolysis) is 1. The quantitative estimate of drug-likeness (QED) is 0.269. The molecule has 186 valence electrons. The van der Waals surface area contributed by atoms with Crippen molar-refractivity contribution in [3.8, 4) is 0 Å². The van der Waals surface area contributed by atoms with Gasteiger partial charge in [-0.05, 0) is 40.5 Å². The van der Waals surface area contributed by atoms with E-state index in [0.717, 1.165) is 24.2 Å². The van der Waals surface area contributed by atoms with Gasteiger partial charge in [-0.15, -0.1) is 0 Å². The number of likely N-dealkylation sites (tertiary alicyclic amines) is 1. The number of carbonyl (C=O) groups excluding carboxylic acids is 5. The van der Waals surface area contributed by atoms with Crippen LogP contribution in [0.4, 0.5) is 4.79 Å². The Hall–Kier alpha value is -2.91. The highest BCUT2D eigenvalue weighted by molar-refractivity contribution is 6.00. The van der Waals surface area contributed by atoms with E-state index in [9.17, 15) is 24.0 Å². The highest BCUT2D eigenvalue weighted by atomic mass is 16.6. The molecule has 33 heavy (non-hydrogen) atoms. The minimum atomic E-state index is -1.06. The second kappa shape index (κ2) is 13.6. The number of hydrogen-bond donors (Lipinski definition) is 2. The molecule has 2 atom stereocenters. The summed E-state index contributed by atoms with van der Waals surface area (Å²) in [7, 11) is 0. The zero-order valence-corrected chi connectivity index (χ0v) is 20.3. The number of Topliss-reactive ketones (excluding diaryl/α,β-unsaturated/α-hetero) is 1. The van der Waals surface area contributed by atoms with Gasteiger partial charge in [-0.25, -0.2) is 9.59 Å². The van der Waals surface area contributed by atoms with Crippen LogP contribution in [0, 0.1) is 0 Å². The average molecular weight is 468 g/mol. The van der Waals surface area contributed by atoms with Crippen LogP contribution in [-0.4, -0.2) is 71.9 Å². The van der Waals surface area contributed by atoms with Crippen LogP contribution in [0.2, 0.25) is 0 Å². The predicted molar refractivity (Wildman–Crippen MR) is 121 cm³/mol. The van der Waals surface area contributed by atoms with Gasteiger partial charge in [0.25, 0.3) is 0 Å². The topological polar surface area (TPSA) is 131 Å². The Balaban J connectivity index is 2.78. The number of ether oxygens (including phenoxy) is 2. The van der Waals surface area contributed by atoms with Crippen molar-refractivity contribution in [2.24, 2.45) is 0 Å². The van der Waals surface area contributed by atoms with Crippen molar-refractivity contribution < 1.29 is 33.4 Å². The summed E-state index contributed by atoms with van der Waals surface area (Å²) in [4.78, 5) is 62.7. The molecular weight excluding hydrogens is 430 g/mol. The summed E-state index contributed by atoms with van der Waals surface area (Å²) in [5.74, 6) is -2.09. The van der Waals surface area contributed by atoms with E-state index in [-0.39, 0.29) is 31.8 Å². The average Bonchev–Trinajstić information content (AvgIpc) is 3.11. The van der Waals surface area contributed by atoms with Crippen LogP contribution in [0.15, 0.2) is 12.2 Å². The lowest BCUT2D eigenvalue weighted by atomic mass is 10.1. The zero-order chi connectivity index (χ0) is 25.0. The van der Waals surface area contributed by atoms with Crippen LogP contribution in [-0.2, 0) is 28.7 Å². The molecule has 10 heteroatoms. The first kappa shape index (κ1) is 28.1. The fraction of sp³-hybridized carbons (Fsp3) is 0.696. The van der Waals surface area contributed by atoms with Gasteiger partial charge in [0, 0.05) is 6.42 Å². The van der Waals surface area contributed by atoms with Crippen molar-refractivity contribution in [3.63, 3.8) is 0 Å². The van der Waals surface area contributed by atoms with Gasteiger partial charge in [-0.1, -0.05) is 31.9 Å². The largest absolute Gasteiger partial charge is 0.464 e. The molecule has 2 N–H and O–H groups in total. The third kappa shape index (κ3) is 10.5. The molecule has 1 aliphatic rings. The molecule has 1 rings (SSSR count). The molecule has 1 saturated heterocycles. The summed E-state index contributed by atoms with van der Waals surface area (Å²) in [6.45, 7) is 8.30. The first-order chi connectivity index (χ1) is 15.5. The van der Waals surface area contributed by atoms with Gasteiger partial charge in [0.2, 0.25) is 11.8 Å². The van der Waals surface area contributed by atoms with Crippen molar-refractivity contribution in [2.75, 3.05) is 19.7 Å². The Labute approximate surface area is 195 Å². The monoisotopic (exact) mass is 467 g/mol. The lowest BCUT2D eigenvalue weighted by Gasteiger charge is -2.25. The molecule has 1 heterocycles. The first-order valence-corrected chi connectivity index (χ1v) is 11.4. The summed E-state index contributed by atoms with van der Waals surface area (Å²) in [6.07, 6.45) is 5.99. The summed E-state index contributed by atoms with van der Waals surface area (Å²) in [6, 6.07) is -1.99. The molecular formula is C23H37N3O7. The summed E-state index contributed by atoms with van der Waals surface area (Å²) in [5, 5.41) is 4.94. The van der Waals surface area contributed by atoms with Gasteiger partial charge in [-0.3, -0.25) is 14.4 Å². The minimum Gasteiger partial charge on any atom is -0.464 e.